The predicted molar refractivity (Wildman–Crippen MR) is 123 cm³/mol. The van der Waals surface area contributed by atoms with Gasteiger partial charge in [-0.15, -0.1) is 21.5 Å². The number of nitrogens with one attached hydrogen (secondary N) is 2. The van der Waals surface area contributed by atoms with E-state index in [2.05, 4.69) is 48.1 Å². The van der Waals surface area contributed by atoms with Gasteiger partial charge in [0.05, 0.1) is 5.69 Å². The molecule has 1 aliphatic rings. The number of H-pyrrole nitrogens is 1. The van der Waals surface area contributed by atoms with Crippen LogP contribution in [-0.2, 0) is 0 Å². The molecule has 0 aliphatic heterocycles. The van der Waals surface area contributed by atoms with Gasteiger partial charge in [0.25, 0.3) is 5.91 Å². The van der Waals surface area contributed by atoms with Gasteiger partial charge in [0.2, 0.25) is 5.82 Å². The van der Waals surface area contributed by atoms with Crippen molar-refractivity contribution in [2.24, 2.45) is 0 Å². The molecule has 32 heavy (non-hydrogen) atoms. The van der Waals surface area contributed by atoms with E-state index in [1.807, 2.05) is 43.3 Å². The Hall–Kier alpha value is -3.83. The van der Waals surface area contributed by atoms with Crippen molar-refractivity contribution in [1.29, 1.82) is 0 Å². The first-order chi connectivity index (χ1) is 15.7. The van der Waals surface area contributed by atoms with Crippen LogP contribution in [0.5, 0.6) is 0 Å². The molecule has 1 fully saturated rings. The zero-order valence-corrected chi connectivity index (χ0v) is 18.2. The van der Waals surface area contributed by atoms with E-state index < -0.39 is 0 Å². The van der Waals surface area contributed by atoms with Crippen LogP contribution in [0.1, 0.15) is 57.4 Å². The molecule has 1 amide bonds. The maximum absolute atomic E-state index is 12.8. The molecule has 2 aromatic heterocycles. The Balaban J connectivity index is 1.28. The van der Waals surface area contributed by atoms with Crippen molar-refractivity contribution in [3.8, 4) is 23.2 Å². The Kier molecular flexibility index (Phi) is 5.48. The van der Waals surface area contributed by atoms with Crippen LogP contribution in [-0.4, -0.2) is 31.5 Å². The lowest BCUT2D eigenvalue weighted by atomic mass is 9.83. The van der Waals surface area contributed by atoms with E-state index in [1.54, 1.807) is 17.4 Å². The molecule has 1 aliphatic carbocycles. The van der Waals surface area contributed by atoms with Gasteiger partial charge in [-0.25, -0.2) is 4.98 Å². The number of hydrogen-bond acceptors (Lipinski definition) is 6. The Labute approximate surface area is 189 Å². The van der Waals surface area contributed by atoms with Crippen molar-refractivity contribution >= 4 is 22.9 Å². The third-order valence-corrected chi connectivity index (χ3v) is 6.33. The summed E-state index contributed by atoms with van der Waals surface area (Å²) in [5, 5.41) is 19.9. The highest BCUT2D eigenvalue weighted by atomic mass is 32.1. The summed E-state index contributed by atoms with van der Waals surface area (Å²) < 4.78 is 0. The van der Waals surface area contributed by atoms with Crippen LogP contribution in [0.25, 0.3) is 11.4 Å². The Bertz CT molecular complexity index is 1330. The lowest BCUT2D eigenvalue weighted by Crippen LogP contribution is -2.12. The topological polar surface area (TPSA) is 96.5 Å². The smallest absolute Gasteiger partial charge is 0.255 e. The molecule has 5 rings (SSSR count). The SMILES string of the molecule is Cc1cc(C(=O)Nc2cccc(C#Cc3nc(C4CCC4)cs3)c2)ccc1-c1nn[nH]n1. The molecule has 0 radical (unpaired) electrons. The van der Waals surface area contributed by atoms with Gasteiger partial charge in [0, 0.05) is 33.7 Å². The zero-order chi connectivity index (χ0) is 21.9. The summed E-state index contributed by atoms with van der Waals surface area (Å²) in [6.45, 7) is 1.91. The molecule has 4 aromatic rings. The summed E-state index contributed by atoms with van der Waals surface area (Å²) in [5.41, 5.74) is 4.96. The number of thiazole rings is 1. The summed E-state index contributed by atoms with van der Waals surface area (Å²) in [5.74, 6) is 7.23. The van der Waals surface area contributed by atoms with Crippen molar-refractivity contribution in [2.45, 2.75) is 32.1 Å². The average Bonchev–Trinajstić information content (AvgIpc) is 3.44. The molecule has 8 heteroatoms. The number of carbonyl (C=O) groups is 1. The zero-order valence-electron chi connectivity index (χ0n) is 17.4. The second kappa shape index (κ2) is 8.73. The largest absolute Gasteiger partial charge is 0.322 e. The lowest BCUT2D eigenvalue weighted by Gasteiger charge is -2.22. The molecule has 1 saturated carbocycles. The van der Waals surface area contributed by atoms with Crippen LogP contribution in [0, 0.1) is 18.8 Å². The van der Waals surface area contributed by atoms with Crippen LogP contribution in [0.15, 0.2) is 47.8 Å². The second-order valence-corrected chi connectivity index (χ2v) is 8.61. The van der Waals surface area contributed by atoms with Crippen molar-refractivity contribution in [3.63, 3.8) is 0 Å². The molecule has 0 spiro atoms. The van der Waals surface area contributed by atoms with E-state index >= 15 is 0 Å². The van der Waals surface area contributed by atoms with Gasteiger partial charge in [0.1, 0.15) is 0 Å². The molecular weight excluding hydrogens is 420 g/mol. The highest BCUT2D eigenvalue weighted by molar-refractivity contribution is 7.10. The normalized spacial score (nSPS) is 13.2. The van der Waals surface area contributed by atoms with Crippen LogP contribution >= 0.6 is 11.3 Å². The highest BCUT2D eigenvalue weighted by Crippen LogP contribution is 2.36. The number of nitrogens with zero attached hydrogens (tertiary/aromatic N) is 4. The quantitative estimate of drug-likeness (QED) is 0.454. The molecule has 0 unspecified atom stereocenters. The molecule has 0 bridgehead atoms. The van der Waals surface area contributed by atoms with Gasteiger partial charge in [-0.2, -0.15) is 5.21 Å². The van der Waals surface area contributed by atoms with Gasteiger partial charge in [-0.1, -0.05) is 18.4 Å². The maximum Gasteiger partial charge on any atom is 0.255 e. The number of aromatic amines is 1. The Morgan fingerprint density at radius 1 is 1.19 bits per heavy atom. The number of hydrogen-bond donors (Lipinski definition) is 2. The summed E-state index contributed by atoms with van der Waals surface area (Å²) in [4.78, 5) is 17.4. The summed E-state index contributed by atoms with van der Waals surface area (Å²) >= 11 is 1.59. The molecule has 0 saturated heterocycles. The number of aromatic nitrogens is 5. The molecule has 2 heterocycles. The molecular formula is C24H20N6OS. The number of tetrazole rings is 1. The van der Waals surface area contributed by atoms with E-state index in [1.165, 1.54) is 25.0 Å². The number of rotatable bonds is 4. The van der Waals surface area contributed by atoms with E-state index in [0.717, 1.165) is 21.7 Å². The van der Waals surface area contributed by atoms with E-state index in [0.29, 0.717) is 23.0 Å². The van der Waals surface area contributed by atoms with Crippen molar-refractivity contribution in [2.75, 3.05) is 5.32 Å². The fourth-order valence-corrected chi connectivity index (χ4v) is 4.32. The molecule has 158 valence electrons. The van der Waals surface area contributed by atoms with Crippen molar-refractivity contribution in [3.05, 3.63) is 75.2 Å². The molecule has 2 N–H and O–H groups in total. The fraction of sp³-hybridized carbons (Fsp3) is 0.208. The lowest BCUT2D eigenvalue weighted by molar-refractivity contribution is 0.102. The predicted octanol–water partition coefficient (Wildman–Crippen LogP) is 4.55. The first-order valence-electron chi connectivity index (χ1n) is 10.4. The van der Waals surface area contributed by atoms with E-state index in [-0.39, 0.29) is 5.91 Å². The molecule has 0 atom stereocenters. The molecule has 2 aromatic carbocycles. The monoisotopic (exact) mass is 440 g/mol. The third kappa shape index (κ3) is 4.29. The summed E-state index contributed by atoms with van der Waals surface area (Å²) in [6, 6.07) is 12.9. The Morgan fingerprint density at radius 3 is 2.84 bits per heavy atom. The Morgan fingerprint density at radius 2 is 2.09 bits per heavy atom. The second-order valence-electron chi connectivity index (χ2n) is 7.76. The number of amides is 1. The summed E-state index contributed by atoms with van der Waals surface area (Å²) in [6.07, 6.45) is 3.76. The average molecular weight is 441 g/mol. The van der Waals surface area contributed by atoms with Crippen molar-refractivity contribution < 1.29 is 4.79 Å². The minimum absolute atomic E-state index is 0.192. The minimum Gasteiger partial charge on any atom is -0.322 e. The number of carbonyl (C=O) groups excluding carboxylic acids is 1. The van der Waals surface area contributed by atoms with Crippen molar-refractivity contribution in [1.82, 2.24) is 25.6 Å². The van der Waals surface area contributed by atoms with Gasteiger partial charge >= 0.3 is 0 Å². The van der Waals surface area contributed by atoms with E-state index in [9.17, 15) is 4.79 Å². The van der Waals surface area contributed by atoms with Crippen LogP contribution in [0.3, 0.4) is 0 Å². The summed E-state index contributed by atoms with van der Waals surface area (Å²) in [7, 11) is 0. The standard InChI is InChI=1S/C24H20N6OS/c1-15-12-18(9-10-20(15)23-27-29-30-28-23)24(31)25-19-7-2-4-16(13-19)8-11-22-26-21(14-32-22)17-5-3-6-17/h2,4,7,9-10,12-14,17H,3,5-6H2,1H3,(H,25,31)(H,27,28,29,30). The van der Waals surface area contributed by atoms with E-state index in [4.69, 9.17) is 0 Å². The van der Waals surface area contributed by atoms with Gasteiger partial charge in [-0.05, 0) is 72.9 Å². The van der Waals surface area contributed by atoms with Crippen LogP contribution in [0.4, 0.5) is 5.69 Å². The van der Waals surface area contributed by atoms with Crippen LogP contribution < -0.4 is 5.32 Å². The first-order valence-corrected chi connectivity index (χ1v) is 11.3. The first kappa shape index (κ1) is 20.1. The molecule has 7 nitrogen and oxygen atoms in total. The maximum atomic E-state index is 12.8. The number of aryl methyl sites for hydroxylation is 1. The fourth-order valence-electron chi connectivity index (χ4n) is 3.57. The number of benzene rings is 2. The van der Waals surface area contributed by atoms with Gasteiger partial charge < -0.3 is 5.32 Å². The van der Waals surface area contributed by atoms with Gasteiger partial charge in [0.15, 0.2) is 5.01 Å². The third-order valence-electron chi connectivity index (χ3n) is 5.55. The van der Waals surface area contributed by atoms with Gasteiger partial charge in [-0.3, -0.25) is 4.79 Å². The number of anilines is 1. The van der Waals surface area contributed by atoms with Crippen LogP contribution in [0.2, 0.25) is 0 Å². The highest BCUT2D eigenvalue weighted by Gasteiger charge is 2.21. The minimum atomic E-state index is -0.192.